The first-order valence-electron chi connectivity index (χ1n) is 4.16. The Morgan fingerprint density at radius 3 is 2.00 bits per heavy atom. The smallest absolute Gasteiger partial charge is 0.432 e. The van der Waals surface area contributed by atoms with E-state index in [1.54, 1.807) is 13.8 Å². The fraction of sp³-hybridized carbons (Fsp3) is 0.778. The normalized spacial score (nSPS) is 11.2. The maximum absolute atomic E-state index is 11.0. The van der Waals surface area contributed by atoms with E-state index >= 15 is 0 Å². The van der Waals surface area contributed by atoms with Crippen LogP contribution in [0.5, 0.6) is 0 Å². The predicted octanol–water partition coefficient (Wildman–Crippen LogP) is 1.92. The second-order valence-corrected chi connectivity index (χ2v) is 3.59. The van der Waals surface area contributed by atoms with Crippen LogP contribution in [-0.2, 0) is 14.3 Å². The van der Waals surface area contributed by atoms with Crippen molar-refractivity contribution < 1.29 is 19.1 Å². The number of carbonyl (C=O) groups is 2. The third kappa shape index (κ3) is 4.50. The molecule has 0 fully saturated rings. The van der Waals surface area contributed by atoms with E-state index in [9.17, 15) is 9.59 Å². The summed E-state index contributed by atoms with van der Waals surface area (Å²) in [5, 5.41) is 0. The zero-order valence-corrected chi connectivity index (χ0v) is 8.71. The van der Waals surface area contributed by atoms with Crippen LogP contribution in [0.4, 0.5) is 4.79 Å². The minimum absolute atomic E-state index is 0.215. The Bertz CT molecular complexity index is 206. The molecule has 0 bridgehead atoms. The molecule has 13 heavy (non-hydrogen) atoms. The molecule has 0 aromatic carbocycles. The molecular weight excluding hydrogens is 172 g/mol. The van der Waals surface area contributed by atoms with Gasteiger partial charge in [-0.05, 0) is 34.6 Å². The average Bonchev–Trinajstić information content (AvgIpc) is 1.82. The first-order valence-corrected chi connectivity index (χ1v) is 4.16. The van der Waals surface area contributed by atoms with E-state index in [2.05, 4.69) is 0 Å². The van der Waals surface area contributed by atoms with Crippen molar-refractivity contribution in [2.24, 2.45) is 0 Å². The van der Waals surface area contributed by atoms with E-state index < -0.39 is 11.8 Å². The molecule has 76 valence electrons. The van der Waals surface area contributed by atoms with Gasteiger partial charge < -0.3 is 9.47 Å². The molecule has 0 atom stereocenters. The summed E-state index contributed by atoms with van der Waals surface area (Å²) < 4.78 is 9.52. The number of Topliss-reactive ketones (excluding diaryl/α,β-unsaturated/α-hetero) is 1. The van der Waals surface area contributed by atoms with E-state index in [0.29, 0.717) is 0 Å². The summed E-state index contributed by atoms with van der Waals surface area (Å²) in [5.41, 5.74) is -1.11. The standard InChI is InChI=1S/C9H16O4/c1-6(2)12-8(11)13-9(4,5)7(3)10/h6H,1-5H3. The minimum Gasteiger partial charge on any atom is -0.432 e. The zero-order chi connectivity index (χ0) is 10.6. The molecular formula is C9H16O4. The van der Waals surface area contributed by atoms with Crippen LogP contribution in [0.1, 0.15) is 34.6 Å². The summed E-state index contributed by atoms with van der Waals surface area (Å²) in [6, 6.07) is 0. The Balaban J connectivity index is 4.12. The highest BCUT2D eigenvalue weighted by Crippen LogP contribution is 2.12. The highest BCUT2D eigenvalue weighted by atomic mass is 16.7. The zero-order valence-electron chi connectivity index (χ0n) is 8.71. The van der Waals surface area contributed by atoms with Gasteiger partial charge in [0.1, 0.15) is 0 Å². The molecule has 0 aromatic rings. The Morgan fingerprint density at radius 1 is 1.23 bits per heavy atom. The number of ether oxygens (including phenoxy) is 2. The molecule has 0 saturated heterocycles. The lowest BCUT2D eigenvalue weighted by atomic mass is 10.1. The monoisotopic (exact) mass is 188 g/mol. The summed E-state index contributed by atoms with van der Waals surface area (Å²) in [5.74, 6) is -0.215. The van der Waals surface area contributed by atoms with Gasteiger partial charge in [0.05, 0.1) is 6.10 Å². The average molecular weight is 188 g/mol. The summed E-state index contributed by atoms with van der Waals surface area (Å²) in [6.45, 7) is 7.83. The van der Waals surface area contributed by atoms with E-state index in [1.807, 2.05) is 0 Å². The van der Waals surface area contributed by atoms with Crippen molar-refractivity contribution in [3.8, 4) is 0 Å². The third-order valence-electron chi connectivity index (χ3n) is 1.52. The topological polar surface area (TPSA) is 52.6 Å². The third-order valence-corrected chi connectivity index (χ3v) is 1.52. The van der Waals surface area contributed by atoms with Gasteiger partial charge in [0.25, 0.3) is 0 Å². The van der Waals surface area contributed by atoms with Gasteiger partial charge in [0, 0.05) is 0 Å². The molecule has 0 aliphatic heterocycles. The maximum Gasteiger partial charge on any atom is 0.509 e. The van der Waals surface area contributed by atoms with Crippen molar-refractivity contribution in [2.75, 3.05) is 0 Å². The van der Waals surface area contributed by atoms with Crippen LogP contribution in [0, 0.1) is 0 Å². The van der Waals surface area contributed by atoms with Crippen LogP contribution >= 0.6 is 0 Å². The first kappa shape index (κ1) is 11.9. The Morgan fingerprint density at radius 2 is 1.69 bits per heavy atom. The molecule has 0 aliphatic carbocycles. The second kappa shape index (κ2) is 4.25. The van der Waals surface area contributed by atoms with Gasteiger partial charge in [-0.25, -0.2) is 4.79 Å². The fourth-order valence-corrected chi connectivity index (χ4v) is 0.497. The van der Waals surface area contributed by atoms with Crippen LogP contribution in [0.25, 0.3) is 0 Å². The van der Waals surface area contributed by atoms with Gasteiger partial charge in [-0.15, -0.1) is 0 Å². The van der Waals surface area contributed by atoms with Crippen LogP contribution in [0.2, 0.25) is 0 Å². The van der Waals surface area contributed by atoms with Crippen molar-refractivity contribution in [3.63, 3.8) is 0 Å². The fourth-order valence-electron chi connectivity index (χ4n) is 0.497. The van der Waals surface area contributed by atoms with Crippen LogP contribution in [0.3, 0.4) is 0 Å². The lowest BCUT2D eigenvalue weighted by Crippen LogP contribution is -2.36. The molecule has 0 N–H and O–H groups in total. The van der Waals surface area contributed by atoms with E-state index in [0.717, 1.165) is 0 Å². The summed E-state index contributed by atoms with van der Waals surface area (Å²) >= 11 is 0. The quantitative estimate of drug-likeness (QED) is 0.635. The van der Waals surface area contributed by atoms with Crippen molar-refractivity contribution in [2.45, 2.75) is 46.3 Å². The highest BCUT2D eigenvalue weighted by molar-refractivity contribution is 5.85. The molecule has 0 amide bonds. The number of hydrogen-bond donors (Lipinski definition) is 0. The molecule has 0 heterocycles. The molecule has 0 rings (SSSR count). The van der Waals surface area contributed by atoms with Crippen molar-refractivity contribution in [1.29, 1.82) is 0 Å². The van der Waals surface area contributed by atoms with Crippen LogP contribution in [-0.4, -0.2) is 23.6 Å². The van der Waals surface area contributed by atoms with Crippen molar-refractivity contribution >= 4 is 11.9 Å². The van der Waals surface area contributed by atoms with Gasteiger partial charge in [-0.1, -0.05) is 0 Å². The number of ketones is 1. The number of rotatable bonds is 3. The van der Waals surface area contributed by atoms with E-state index in [1.165, 1.54) is 20.8 Å². The minimum atomic E-state index is -1.11. The lowest BCUT2D eigenvalue weighted by Gasteiger charge is -2.21. The molecule has 4 heteroatoms. The molecule has 0 radical (unpaired) electrons. The lowest BCUT2D eigenvalue weighted by molar-refractivity contribution is -0.135. The molecule has 0 saturated carbocycles. The van der Waals surface area contributed by atoms with E-state index in [-0.39, 0.29) is 11.9 Å². The van der Waals surface area contributed by atoms with Gasteiger partial charge in [-0.3, -0.25) is 4.79 Å². The molecule has 0 spiro atoms. The Labute approximate surface area is 78.2 Å². The van der Waals surface area contributed by atoms with Gasteiger partial charge in [-0.2, -0.15) is 0 Å². The number of hydrogen-bond acceptors (Lipinski definition) is 4. The van der Waals surface area contributed by atoms with Crippen molar-refractivity contribution in [3.05, 3.63) is 0 Å². The van der Waals surface area contributed by atoms with Gasteiger partial charge in [0.15, 0.2) is 11.4 Å². The first-order chi connectivity index (χ1) is 5.75. The van der Waals surface area contributed by atoms with Gasteiger partial charge >= 0.3 is 6.16 Å². The predicted molar refractivity (Wildman–Crippen MR) is 47.5 cm³/mol. The van der Waals surface area contributed by atoms with Crippen LogP contribution in [0.15, 0.2) is 0 Å². The van der Waals surface area contributed by atoms with Crippen molar-refractivity contribution in [1.82, 2.24) is 0 Å². The second-order valence-electron chi connectivity index (χ2n) is 3.59. The Kier molecular flexibility index (Phi) is 3.91. The SMILES string of the molecule is CC(=O)C(C)(C)OC(=O)OC(C)C. The molecule has 0 aliphatic rings. The van der Waals surface area contributed by atoms with Gasteiger partial charge in [0.2, 0.25) is 0 Å². The summed E-state index contributed by atoms with van der Waals surface area (Å²) in [4.78, 5) is 21.9. The molecule has 0 aromatic heterocycles. The largest absolute Gasteiger partial charge is 0.509 e. The summed E-state index contributed by atoms with van der Waals surface area (Å²) in [6.07, 6.45) is -1.05. The molecule has 0 unspecified atom stereocenters. The summed E-state index contributed by atoms with van der Waals surface area (Å²) in [7, 11) is 0. The van der Waals surface area contributed by atoms with E-state index in [4.69, 9.17) is 9.47 Å². The van der Waals surface area contributed by atoms with Crippen LogP contribution < -0.4 is 0 Å². The highest BCUT2D eigenvalue weighted by Gasteiger charge is 2.29. The Hall–Kier alpha value is -1.06. The number of carbonyl (C=O) groups excluding carboxylic acids is 2. The molecule has 4 nitrogen and oxygen atoms in total. The maximum atomic E-state index is 11.0.